The molecule has 0 aliphatic rings. The van der Waals surface area contributed by atoms with Gasteiger partial charge in [-0.25, -0.2) is 4.98 Å². The summed E-state index contributed by atoms with van der Waals surface area (Å²) in [5, 5.41) is 5.94. The van der Waals surface area contributed by atoms with Crippen molar-refractivity contribution in [3.8, 4) is 0 Å². The minimum Gasteiger partial charge on any atom is -0.270 e. The van der Waals surface area contributed by atoms with Gasteiger partial charge in [-0.1, -0.05) is 18.5 Å². The highest BCUT2D eigenvalue weighted by Gasteiger charge is 2.05. The summed E-state index contributed by atoms with van der Waals surface area (Å²) >= 11 is 5.85. The van der Waals surface area contributed by atoms with Crippen molar-refractivity contribution in [2.24, 2.45) is 0 Å². The molecule has 0 spiro atoms. The predicted octanol–water partition coefficient (Wildman–Crippen LogP) is 2.80. The Bertz CT molecular complexity index is 462. The Morgan fingerprint density at radius 1 is 1.50 bits per heavy atom. The molecule has 0 fully saturated rings. The van der Waals surface area contributed by atoms with Gasteiger partial charge in [-0.15, -0.1) is 0 Å². The van der Waals surface area contributed by atoms with Crippen molar-refractivity contribution in [1.82, 2.24) is 14.8 Å². The van der Waals surface area contributed by atoms with Crippen LogP contribution in [0.15, 0.2) is 12.3 Å². The third-order valence-corrected chi connectivity index (χ3v) is 2.36. The van der Waals surface area contributed by atoms with Crippen LogP contribution in [0.25, 0.3) is 11.0 Å². The smallest absolute Gasteiger partial charge is 0.182 e. The van der Waals surface area contributed by atoms with Crippen LogP contribution in [0.1, 0.15) is 18.9 Å². The Balaban J connectivity index is 2.58. The highest BCUT2D eigenvalue weighted by molar-refractivity contribution is 6.29. The van der Waals surface area contributed by atoms with E-state index >= 15 is 0 Å². The fourth-order valence-corrected chi connectivity index (χ4v) is 1.75. The van der Waals surface area contributed by atoms with E-state index in [2.05, 4.69) is 17.0 Å². The molecule has 0 aliphatic heterocycles. The summed E-state index contributed by atoms with van der Waals surface area (Å²) in [6, 6.07) is 1.86. The standard InChI is InChI=1S/C10H12ClN3/c1-3-4-14-6-8-7(2)5-9(11)12-10(8)13-14/h5-6H,3-4H2,1-2H3. The third-order valence-electron chi connectivity index (χ3n) is 2.17. The molecule has 2 aromatic rings. The van der Waals surface area contributed by atoms with Crippen LogP contribution in [0.3, 0.4) is 0 Å². The molecule has 0 saturated carbocycles. The molecule has 0 aromatic carbocycles. The maximum Gasteiger partial charge on any atom is 0.182 e. The van der Waals surface area contributed by atoms with E-state index < -0.39 is 0 Å². The van der Waals surface area contributed by atoms with Crippen molar-refractivity contribution >= 4 is 22.6 Å². The quantitative estimate of drug-likeness (QED) is 0.713. The van der Waals surface area contributed by atoms with Crippen LogP contribution in [0, 0.1) is 6.92 Å². The van der Waals surface area contributed by atoms with Crippen molar-refractivity contribution in [3.63, 3.8) is 0 Å². The molecule has 2 aromatic heterocycles. The Labute approximate surface area is 87.7 Å². The van der Waals surface area contributed by atoms with Crippen LogP contribution in [-0.2, 0) is 6.54 Å². The zero-order chi connectivity index (χ0) is 10.1. The van der Waals surface area contributed by atoms with Gasteiger partial charge in [-0.05, 0) is 25.0 Å². The van der Waals surface area contributed by atoms with Gasteiger partial charge < -0.3 is 0 Å². The number of fused-ring (bicyclic) bond motifs is 1. The van der Waals surface area contributed by atoms with E-state index in [0.29, 0.717) is 5.15 Å². The van der Waals surface area contributed by atoms with Gasteiger partial charge in [0.2, 0.25) is 0 Å². The molecule has 0 atom stereocenters. The molecular weight excluding hydrogens is 198 g/mol. The number of hydrogen-bond acceptors (Lipinski definition) is 2. The van der Waals surface area contributed by atoms with Crippen LogP contribution in [-0.4, -0.2) is 14.8 Å². The van der Waals surface area contributed by atoms with Crippen LogP contribution < -0.4 is 0 Å². The maximum absolute atomic E-state index is 5.85. The SMILES string of the molecule is CCCn1cc2c(C)cc(Cl)nc2n1. The van der Waals surface area contributed by atoms with Crippen molar-refractivity contribution < 1.29 is 0 Å². The number of aromatic nitrogens is 3. The normalized spacial score (nSPS) is 11.1. The Morgan fingerprint density at radius 3 is 3.00 bits per heavy atom. The van der Waals surface area contributed by atoms with Crippen LogP contribution in [0.2, 0.25) is 5.15 Å². The predicted molar refractivity (Wildman–Crippen MR) is 57.6 cm³/mol. The van der Waals surface area contributed by atoms with Gasteiger partial charge in [0, 0.05) is 18.1 Å². The summed E-state index contributed by atoms with van der Waals surface area (Å²) in [7, 11) is 0. The largest absolute Gasteiger partial charge is 0.270 e. The van der Waals surface area contributed by atoms with Crippen molar-refractivity contribution in [1.29, 1.82) is 0 Å². The lowest BCUT2D eigenvalue weighted by molar-refractivity contribution is 0.607. The molecule has 0 aliphatic carbocycles. The molecule has 4 heteroatoms. The lowest BCUT2D eigenvalue weighted by Gasteiger charge is -1.93. The van der Waals surface area contributed by atoms with Crippen LogP contribution >= 0.6 is 11.6 Å². The highest BCUT2D eigenvalue weighted by atomic mass is 35.5. The lowest BCUT2D eigenvalue weighted by atomic mass is 10.2. The molecule has 0 bridgehead atoms. The molecule has 2 heterocycles. The second-order valence-corrected chi connectivity index (χ2v) is 3.78. The molecule has 3 nitrogen and oxygen atoms in total. The van der Waals surface area contributed by atoms with Crippen molar-refractivity contribution in [3.05, 3.63) is 23.0 Å². The number of nitrogens with zero attached hydrogens (tertiary/aromatic N) is 3. The molecule has 0 N–H and O–H groups in total. The first-order valence-corrected chi connectivity index (χ1v) is 5.09. The van der Waals surface area contributed by atoms with E-state index in [1.54, 1.807) is 0 Å². The second kappa shape index (κ2) is 3.58. The number of halogens is 1. The van der Waals surface area contributed by atoms with Crippen molar-refractivity contribution in [2.45, 2.75) is 26.8 Å². The van der Waals surface area contributed by atoms with Gasteiger partial charge in [0.15, 0.2) is 5.65 Å². The average molecular weight is 210 g/mol. The molecule has 0 saturated heterocycles. The van der Waals surface area contributed by atoms with E-state index in [-0.39, 0.29) is 0 Å². The van der Waals surface area contributed by atoms with Crippen LogP contribution in [0.4, 0.5) is 0 Å². The maximum atomic E-state index is 5.85. The fourth-order valence-electron chi connectivity index (χ4n) is 1.51. The zero-order valence-electron chi connectivity index (χ0n) is 8.29. The van der Waals surface area contributed by atoms with Gasteiger partial charge in [-0.2, -0.15) is 5.10 Å². The first-order valence-electron chi connectivity index (χ1n) is 4.71. The van der Waals surface area contributed by atoms with E-state index in [1.165, 1.54) is 0 Å². The summed E-state index contributed by atoms with van der Waals surface area (Å²) in [5.41, 5.74) is 1.87. The zero-order valence-corrected chi connectivity index (χ0v) is 9.04. The lowest BCUT2D eigenvalue weighted by Crippen LogP contribution is -1.95. The number of aryl methyl sites for hydroxylation is 2. The van der Waals surface area contributed by atoms with Gasteiger partial charge in [0.25, 0.3) is 0 Å². The van der Waals surface area contributed by atoms with Gasteiger partial charge in [0.05, 0.1) is 0 Å². The molecule has 0 radical (unpaired) electrons. The summed E-state index contributed by atoms with van der Waals surface area (Å²) in [6.45, 7) is 5.07. The number of hydrogen-bond donors (Lipinski definition) is 0. The van der Waals surface area contributed by atoms with E-state index in [0.717, 1.165) is 29.6 Å². The van der Waals surface area contributed by atoms with Crippen LogP contribution in [0.5, 0.6) is 0 Å². The summed E-state index contributed by atoms with van der Waals surface area (Å²) in [6.07, 6.45) is 3.10. The molecular formula is C10H12ClN3. The topological polar surface area (TPSA) is 30.7 Å². The Morgan fingerprint density at radius 2 is 2.29 bits per heavy atom. The molecule has 0 amide bonds. The van der Waals surface area contributed by atoms with Gasteiger partial charge in [0.1, 0.15) is 5.15 Å². The molecule has 2 rings (SSSR count). The molecule has 0 unspecified atom stereocenters. The minimum atomic E-state index is 0.511. The number of pyridine rings is 1. The Hall–Kier alpha value is -1.09. The first kappa shape index (κ1) is 9.46. The second-order valence-electron chi connectivity index (χ2n) is 3.39. The van der Waals surface area contributed by atoms with Gasteiger partial charge in [-0.3, -0.25) is 4.68 Å². The Kier molecular flexibility index (Phi) is 2.42. The average Bonchev–Trinajstić information content (AvgIpc) is 2.48. The van der Waals surface area contributed by atoms with E-state index in [4.69, 9.17) is 11.6 Å². The number of rotatable bonds is 2. The summed E-state index contributed by atoms with van der Waals surface area (Å²) < 4.78 is 1.92. The first-order chi connectivity index (χ1) is 6.70. The summed E-state index contributed by atoms with van der Waals surface area (Å²) in [5.74, 6) is 0. The fraction of sp³-hybridized carbons (Fsp3) is 0.400. The highest BCUT2D eigenvalue weighted by Crippen LogP contribution is 2.18. The molecule has 14 heavy (non-hydrogen) atoms. The monoisotopic (exact) mass is 209 g/mol. The summed E-state index contributed by atoms with van der Waals surface area (Å²) in [4.78, 5) is 4.17. The van der Waals surface area contributed by atoms with Gasteiger partial charge >= 0.3 is 0 Å². The minimum absolute atomic E-state index is 0.511. The van der Waals surface area contributed by atoms with E-state index in [9.17, 15) is 0 Å². The third kappa shape index (κ3) is 1.60. The molecule has 74 valence electrons. The van der Waals surface area contributed by atoms with E-state index in [1.807, 2.05) is 23.9 Å². The van der Waals surface area contributed by atoms with Crippen molar-refractivity contribution in [2.75, 3.05) is 0 Å².